The second-order valence-corrected chi connectivity index (χ2v) is 12.2. The van der Waals surface area contributed by atoms with E-state index >= 15 is 0 Å². The van der Waals surface area contributed by atoms with Crippen LogP contribution in [0.15, 0.2) is 72.8 Å². The molecule has 11 heteroatoms. The molecule has 2 atom stereocenters. The first kappa shape index (κ1) is 38.1. The van der Waals surface area contributed by atoms with Crippen LogP contribution in [0.25, 0.3) is 0 Å². The zero-order valence-electron chi connectivity index (χ0n) is 28.1. The van der Waals surface area contributed by atoms with Crippen molar-refractivity contribution >= 4 is 24.0 Å². The predicted octanol–water partition coefficient (Wildman–Crippen LogP) is 4.98. The average molecular weight is 649 g/mol. The Morgan fingerprint density at radius 3 is 1.94 bits per heavy atom. The van der Waals surface area contributed by atoms with Crippen molar-refractivity contribution in [2.45, 2.75) is 85.1 Å². The number of aromatic hydroxyl groups is 1. The molecule has 0 aromatic heterocycles. The Labute approximate surface area is 277 Å². The van der Waals surface area contributed by atoms with Crippen molar-refractivity contribution in [2.75, 3.05) is 6.54 Å². The molecule has 0 bridgehead atoms. The fraction of sp³-hybridized carbons (Fsp3) is 0.389. The Morgan fingerprint density at radius 2 is 1.40 bits per heavy atom. The maximum Gasteiger partial charge on any atom is 0.408 e. The number of carbonyl (C=O) groups excluding carboxylic acids is 4. The van der Waals surface area contributed by atoms with E-state index in [0.29, 0.717) is 6.54 Å². The number of phenolic OH excluding ortho intramolecular Hbond substituents is 1. The third kappa shape index (κ3) is 15.2. The number of phenols is 1. The van der Waals surface area contributed by atoms with Crippen LogP contribution >= 0.6 is 0 Å². The summed E-state index contributed by atoms with van der Waals surface area (Å²) in [5.74, 6) is -0.670. The minimum Gasteiger partial charge on any atom is -0.508 e. The second-order valence-electron chi connectivity index (χ2n) is 12.2. The highest BCUT2D eigenvalue weighted by Crippen LogP contribution is 2.22. The minimum absolute atomic E-state index is 0.132. The van der Waals surface area contributed by atoms with Crippen LogP contribution in [0.5, 0.6) is 5.75 Å². The molecular formula is C36H48N4O7. The molecular weight excluding hydrogens is 600 g/mol. The summed E-state index contributed by atoms with van der Waals surface area (Å²) in [5, 5.41) is 18.0. The van der Waals surface area contributed by atoms with Crippen molar-refractivity contribution in [2.24, 2.45) is 5.73 Å². The molecule has 0 aliphatic heterocycles. The van der Waals surface area contributed by atoms with Gasteiger partial charge in [0.15, 0.2) is 0 Å². The van der Waals surface area contributed by atoms with E-state index in [4.69, 9.17) is 10.5 Å². The molecule has 0 heterocycles. The molecule has 0 fully saturated rings. The summed E-state index contributed by atoms with van der Waals surface area (Å²) in [6.45, 7) is 11.2. The van der Waals surface area contributed by atoms with Crippen LogP contribution in [0, 0.1) is 13.8 Å². The van der Waals surface area contributed by atoms with Crippen LogP contribution in [0.3, 0.4) is 0 Å². The third-order valence-electron chi connectivity index (χ3n) is 6.86. The number of hydrogen-bond donors (Lipinski definition) is 5. The summed E-state index contributed by atoms with van der Waals surface area (Å²) >= 11 is 0. The highest BCUT2D eigenvalue weighted by molar-refractivity contribution is 5.91. The molecule has 0 saturated heterocycles. The molecule has 6 N–H and O–H groups in total. The molecule has 47 heavy (non-hydrogen) atoms. The van der Waals surface area contributed by atoms with Gasteiger partial charge in [0.25, 0.3) is 0 Å². The summed E-state index contributed by atoms with van der Waals surface area (Å²) in [5.41, 5.74) is 8.59. The molecule has 3 rings (SSSR count). The smallest absolute Gasteiger partial charge is 0.408 e. The molecule has 0 spiro atoms. The first-order valence-electron chi connectivity index (χ1n) is 15.5. The zero-order chi connectivity index (χ0) is 35.0. The number of alkyl carbamates (subject to hydrolysis) is 1. The Bertz CT molecular complexity index is 1430. The van der Waals surface area contributed by atoms with E-state index < -0.39 is 35.8 Å². The number of benzene rings is 3. The van der Waals surface area contributed by atoms with Gasteiger partial charge in [-0.15, -0.1) is 0 Å². The van der Waals surface area contributed by atoms with Gasteiger partial charge in [0.1, 0.15) is 30.0 Å². The number of nitrogens with two attached hydrogens (primary N) is 1. The summed E-state index contributed by atoms with van der Waals surface area (Å²) in [7, 11) is 0. The van der Waals surface area contributed by atoms with Gasteiger partial charge in [0.05, 0.1) is 0 Å². The van der Waals surface area contributed by atoms with Crippen molar-refractivity contribution < 1.29 is 33.8 Å². The lowest BCUT2D eigenvalue weighted by atomic mass is 9.95. The molecule has 0 aliphatic rings. The molecule has 0 saturated carbocycles. The number of aryl methyl sites for hydroxylation is 3. The molecule has 3 aromatic carbocycles. The predicted molar refractivity (Wildman–Crippen MR) is 181 cm³/mol. The summed E-state index contributed by atoms with van der Waals surface area (Å²) in [6, 6.07) is 20.8. The number of amides is 4. The van der Waals surface area contributed by atoms with E-state index in [1.807, 2.05) is 74.5 Å². The second kappa shape index (κ2) is 18.8. The minimum atomic E-state index is -0.977. The fourth-order valence-electron chi connectivity index (χ4n) is 4.57. The van der Waals surface area contributed by atoms with Gasteiger partial charge in [-0.2, -0.15) is 0 Å². The Kier molecular flexibility index (Phi) is 15.2. The lowest BCUT2D eigenvalue weighted by Crippen LogP contribution is -2.54. The first-order chi connectivity index (χ1) is 22.1. The number of hydrogen-bond acceptors (Lipinski definition) is 7. The highest BCUT2D eigenvalue weighted by atomic mass is 16.6. The van der Waals surface area contributed by atoms with Gasteiger partial charge >= 0.3 is 12.2 Å². The molecule has 0 aliphatic carbocycles. The van der Waals surface area contributed by atoms with E-state index in [2.05, 4.69) is 20.7 Å². The average Bonchev–Trinajstić information content (AvgIpc) is 2.99. The van der Waals surface area contributed by atoms with Gasteiger partial charge in [0.2, 0.25) is 11.8 Å². The van der Waals surface area contributed by atoms with Crippen LogP contribution in [0.1, 0.15) is 61.9 Å². The third-order valence-corrected chi connectivity index (χ3v) is 6.86. The summed E-state index contributed by atoms with van der Waals surface area (Å²) < 4.78 is 9.91. The van der Waals surface area contributed by atoms with E-state index in [1.54, 1.807) is 39.8 Å². The molecule has 3 aromatic rings. The Morgan fingerprint density at radius 1 is 0.851 bits per heavy atom. The van der Waals surface area contributed by atoms with Crippen LogP contribution in [0.2, 0.25) is 0 Å². The first-order valence-corrected chi connectivity index (χ1v) is 15.5. The van der Waals surface area contributed by atoms with Crippen LogP contribution in [0.4, 0.5) is 9.59 Å². The summed E-state index contributed by atoms with van der Waals surface area (Å²) in [6.07, 6.45) is 0.325. The van der Waals surface area contributed by atoms with Gasteiger partial charge in [-0.25, -0.2) is 9.59 Å². The fourth-order valence-corrected chi connectivity index (χ4v) is 4.57. The summed E-state index contributed by atoms with van der Waals surface area (Å²) in [4.78, 5) is 48.4. The maximum atomic E-state index is 13.2. The van der Waals surface area contributed by atoms with Crippen molar-refractivity contribution in [3.05, 3.63) is 101 Å². The van der Waals surface area contributed by atoms with Crippen LogP contribution in [-0.4, -0.2) is 53.3 Å². The van der Waals surface area contributed by atoms with Crippen LogP contribution < -0.4 is 21.7 Å². The van der Waals surface area contributed by atoms with E-state index in [1.165, 1.54) is 5.56 Å². The Hall–Kier alpha value is -5.06. The SMILES string of the molecule is Cc1cc(O)cc(C)c1C[C@H](NC(=O)OC(C)(C)C)C(=O)N[C@H](C)C(=O)NCCCc1ccccc1.NC(=O)OCc1ccccc1. The van der Waals surface area contributed by atoms with Gasteiger partial charge in [-0.3, -0.25) is 9.59 Å². The van der Waals surface area contributed by atoms with Gasteiger partial charge in [-0.1, -0.05) is 60.7 Å². The number of ether oxygens (including phenoxy) is 2. The molecule has 11 nitrogen and oxygen atoms in total. The molecule has 4 amide bonds. The number of rotatable bonds is 12. The maximum absolute atomic E-state index is 13.2. The quantitative estimate of drug-likeness (QED) is 0.173. The molecule has 254 valence electrons. The normalized spacial score (nSPS) is 12.0. The largest absolute Gasteiger partial charge is 0.508 e. The lowest BCUT2D eigenvalue weighted by Gasteiger charge is -2.25. The van der Waals surface area contributed by atoms with Crippen LogP contribution in [-0.2, 0) is 38.5 Å². The van der Waals surface area contributed by atoms with Crippen molar-refractivity contribution in [1.82, 2.24) is 16.0 Å². The van der Waals surface area contributed by atoms with E-state index in [-0.39, 0.29) is 24.7 Å². The van der Waals surface area contributed by atoms with E-state index in [9.17, 15) is 24.3 Å². The topological polar surface area (TPSA) is 169 Å². The molecule has 0 radical (unpaired) electrons. The van der Waals surface area contributed by atoms with Crippen molar-refractivity contribution in [3.63, 3.8) is 0 Å². The molecule has 0 unspecified atom stereocenters. The number of nitrogens with one attached hydrogen (secondary N) is 3. The Balaban J connectivity index is 0.000000587. The number of primary amides is 1. The number of carbonyl (C=O) groups is 4. The van der Waals surface area contributed by atoms with Gasteiger partial charge < -0.3 is 36.3 Å². The van der Waals surface area contributed by atoms with Crippen molar-refractivity contribution in [1.29, 1.82) is 0 Å². The van der Waals surface area contributed by atoms with Crippen molar-refractivity contribution in [3.8, 4) is 5.75 Å². The van der Waals surface area contributed by atoms with Gasteiger partial charge in [0, 0.05) is 13.0 Å². The monoisotopic (exact) mass is 648 g/mol. The van der Waals surface area contributed by atoms with E-state index in [0.717, 1.165) is 35.1 Å². The highest BCUT2D eigenvalue weighted by Gasteiger charge is 2.28. The lowest BCUT2D eigenvalue weighted by molar-refractivity contribution is -0.129. The standard InChI is InChI=1S/C28H39N3O5.C8H9NO2/c1-18-15-22(32)16-19(2)23(18)17-24(31-27(35)36-28(4,5)6)26(34)30-20(3)25(33)29-14-10-13-21-11-8-7-9-12-21;9-8(10)11-6-7-4-2-1-3-5-7/h7-9,11-12,15-16,20,24,32H,10,13-14,17H2,1-6H3,(H,29,33)(H,30,34)(H,31,35);1-5H,6H2,(H2,9,10)/t20-,24+;/m1./s1. The zero-order valence-corrected chi connectivity index (χ0v) is 28.1. The van der Waals surface area contributed by atoms with Gasteiger partial charge in [-0.05, 0) is 94.3 Å².